The lowest BCUT2D eigenvalue weighted by Crippen LogP contribution is -2.36. The van der Waals surface area contributed by atoms with Gasteiger partial charge >= 0.3 is 0 Å². The third-order valence-corrected chi connectivity index (χ3v) is 3.64. The van der Waals surface area contributed by atoms with Crippen molar-refractivity contribution >= 4 is 22.6 Å². The van der Waals surface area contributed by atoms with Gasteiger partial charge in [-0.2, -0.15) is 0 Å². The van der Waals surface area contributed by atoms with Crippen molar-refractivity contribution in [2.75, 3.05) is 0 Å². The van der Waals surface area contributed by atoms with Crippen LogP contribution in [0.1, 0.15) is 12.0 Å². The minimum atomic E-state index is -0.402. The lowest BCUT2D eigenvalue weighted by atomic mass is 9.84. The van der Waals surface area contributed by atoms with Crippen molar-refractivity contribution in [3.05, 3.63) is 57.3 Å². The first-order valence-electron chi connectivity index (χ1n) is 4.79. The Morgan fingerprint density at radius 2 is 1.87 bits per heavy atom. The second-order valence-electron chi connectivity index (χ2n) is 3.78. The summed E-state index contributed by atoms with van der Waals surface area (Å²) in [4.78, 5) is 0. The van der Waals surface area contributed by atoms with Crippen molar-refractivity contribution in [3.63, 3.8) is 0 Å². The van der Waals surface area contributed by atoms with E-state index < -0.39 is 5.54 Å². The molecule has 1 aromatic rings. The second kappa shape index (κ2) is 3.98. The number of allylic oxidation sites excluding steroid dienone is 1. The van der Waals surface area contributed by atoms with E-state index in [1.165, 1.54) is 0 Å². The molecule has 0 bridgehead atoms. The molecule has 0 amide bonds. The van der Waals surface area contributed by atoms with Crippen molar-refractivity contribution in [3.8, 4) is 0 Å². The Labute approximate surface area is 103 Å². The monoisotopic (exact) mass is 312 g/mol. The summed E-state index contributed by atoms with van der Waals surface area (Å²) in [5.41, 5.74) is 13.7. The van der Waals surface area contributed by atoms with Crippen LogP contribution in [0.2, 0.25) is 0 Å². The Morgan fingerprint density at radius 1 is 1.20 bits per heavy atom. The highest BCUT2D eigenvalue weighted by molar-refractivity contribution is 14.1. The van der Waals surface area contributed by atoms with Crippen molar-refractivity contribution in [1.29, 1.82) is 0 Å². The molecule has 0 aromatic heterocycles. The fourth-order valence-corrected chi connectivity index (χ4v) is 2.50. The summed E-state index contributed by atoms with van der Waals surface area (Å²) in [5, 5.41) is 0. The minimum Gasteiger partial charge on any atom is -0.398 e. The summed E-state index contributed by atoms with van der Waals surface area (Å²) < 4.78 is 1.13. The van der Waals surface area contributed by atoms with E-state index in [0.717, 1.165) is 21.3 Å². The molecule has 0 saturated heterocycles. The second-order valence-corrected chi connectivity index (χ2v) is 5.08. The number of benzene rings is 1. The molecule has 4 N–H and O–H groups in total. The van der Waals surface area contributed by atoms with Gasteiger partial charge in [0, 0.05) is 15.7 Å². The zero-order chi connectivity index (χ0) is 10.9. The van der Waals surface area contributed by atoms with Crippen molar-refractivity contribution < 1.29 is 0 Å². The van der Waals surface area contributed by atoms with Gasteiger partial charge in [0.1, 0.15) is 0 Å². The average molecular weight is 312 g/mol. The van der Waals surface area contributed by atoms with E-state index >= 15 is 0 Å². The third kappa shape index (κ3) is 2.08. The Balaban J connectivity index is 2.36. The summed E-state index contributed by atoms with van der Waals surface area (Å²) in [6, 6.07) is 10.1. The van der Waals surface area contributed by atoms with E-state index in [9.17, 15) is 0 Å². The Kier molecular flexibility index (Phi) is 2.84. The van der Waals surface area contributed by atoms with Crippen LogP contribution in [0.25, 0.3) is 0 Å². The standard InChI is InChI=1S/C12H13IN2/c13-10-8-12(15,7-6-11(10)14)9-4-2-1-3-5-9/h1-7H,8,14-15H2. The van der Waals surface area contributed by atoms with Gasteiger partial charge < -0.3 is 11.5 Å². The lowest BCUT2D eigenvalue weighted by Gasteiger charge is -2.29. The number of halogens is 1. The zero-order valence-corrected chi connectivity index (χ0v) is 10.4. The van der Waals surface area contributed by atoms with Crippen molar-refractivity contribution in [2.45, 2.75) is 12.0 Å². The Bertz CT molecular complexity index is 423. The van der Waals surface area contributed by atoms with Crippen LogP contribution in [-0.4, -0.2) is 0 Å². The molecule has 15 heavy (non-hydrogen) atoms. The first-order chi connectivity index (χ1) is 7.12. The number of hydrogen-bond donors (Lipinski definition) is 2. The zero-order valence-electron chi connectivity index (χ0n) is 8.28. The fraction of sp³-hybridized carbons (Fsp3) is 0.167. The van der Waals surface area contributed by atoms with E-state index in [1.807, 2.05) is 30.4 Å². The van der Waals surface area contributed by atoms with E-state index in [4.69, 9.17) is 11.5 Å². The molecular weight excluding hydrogens is 299 g/mol. The van der Waals surface area contributed by atoms with E-state index in [0.29, 0.717) is 0 Å². The maximum absolute atomic E-state index is 6.35. The largest absolute Gasteiger partial charge is 0.398 e. The molecular formula is C12H13IN2. The molecule has 0 heterocycles. The quantitative estimate of drug-likeness (QED) is 0.783. The average Bonchev–Trinajstić information content (AvgIpc) is 2.26. The molecule has 2 nitrogen and oxygen atoms in total. The molecule has 1 aliphatic rings. The Morgan fingerprint density at radius 3 is 2.47 bits per heavy atom. The normalized spacial score (nSPS) is 25.7. The van der Waals surface area contributed by atoms with Gasteiger partial charge in [0.25, 0.3) is 0 Å². The molecule has 1 atom stereocenters. The Hall–Kier alpha value is -0.810. The fourth-order valence-electron chi connectivity index (χ4n) is 1.69. The predicted octanol–water partition coefficient (Wildman–Crippen LogP) is 2.41. The first kappa shape index (κ1) is 10.7. The summed E-state index contributed by atoms with van der Waals surface area (Å²) in [6.07, 6.45) is 4.66. The number of hydrogen-bond acceptors (Lipinski definition) is 2. The molecule has 0 saturated carbocycles. The summed E-state index contributed by atoms with van der Waals surface area (Å²) in [7, 11) is 0. The molecule has 1 unspecified atom stereocenters. The van der Waals surface area contributed by atoms with E-state index in [2.05, 4.69) is 34.7 Å². The van der Waals surface area contributed by atoms with Crippen molar-refractivity contribution in [2.24, 2.45) is 11.5 Å². The molecule has 0 fully saturated rings. The van der Waals surface area contributed by atoms with Gasteiger partial charge in [0.05, 0.1) is 5.54 Å². The highest BCUT2D eigenvalue weighted by Crippen LogP contribution is 2.34. The predicted molar refractivity (Wildman–Crippen MR) is 71.3 cm³/mol. The SMILES string of the molecule is NC1=C(I)CC(N)(c2ccccc2)C=C1. The maximum atomic E-state index is 6.35. The van der Waals surface area contributed by atoms with Gasteiger partial charge in [-0.1, -0.05) is 36.4 Å². The molecule has 1 aliphatic carbocycles. The minimum absolute atomic E-state index is 0.402. The van der Waals surface area contributed by atoms with Gasteiger partial charge in [-0.25, -0.2) is 0 Å². The van der Waals surface area contributed by atoms with Crippen molar-refractivity contribution in [1.82, 2.24) is 0 Å². The number of nitrogens with two attached hydrogens (primary N) is 2. The number of rotatable bonds is 1. The van der Waals surface area contributed by atoms with Gasteiger partial charge in [-0.05, 0) is 34.2 Å². The molecule has 3 heteroatoms. The van der Waals surface area contributed by atoms with Crippen LogP contribution >= 0.6 is 22.6 Å². The summed E-state index contributed by atoms with van der Waals surface area (Å²) in [5.74, 6) is 0. The summed E-state index contributed by atoms with van der Waals surface area (Å²) in [6.45, 7) is 0. The maximum Gasteiger partial charge on any atom is 0.0645 e. The molecule has 0 aliphatic heterocycles. The molecule has 1 aromatic carbocycles. The van der Waals surface area contributed by atoms with Crippen LogP contribution < -0.4 is 11.5 Å². The van der Waals surface area contributed by atoms with Gasteiger partial charge in [0.2, 0.25) is 0 Å². The van der Waals surface area contributed by atoms with Crippen LogP contribution in [0.4, 0.5) is 0 Å². The highest BCUT2D eigenvalue weighted by Gasteiger charge is 2.28. The molecule has 78 valence electrons. The first-order valence-corrected chi connectivity index (χ1v) is 5.87. The van der Waals surface area contributed by atoms with Gasteiger partial charge in [-0.15, -0.1) is 0 Å². The highest BCUT2D eigenvalue weighted by atomic mass is 127. The summed E-state index contributed by atoms with van der Waals surface area (Å²) >= 11 is 2.26. The van der Waals surface area contributed by atoms with Crippen LogP contribution in [0.3, 0.4) is 0 Å². The van der Waals surface area contributed by atoms with Crippen LogP contribution in [0.15, 0.2) is 51.8 Å². The third-order valence-electron chi connectivity index (χ3n) is 2.63. The molecule has 2 rings (SSSR count). The molecule has 0 radical (unpaired) electrons. The van der Waals surface area contributed by atoms with E-state index in [1.54, 1.807) is 0 Å². The van der Waals surface area contributed by atoms with Gasteiger partial charge in [-0.3, -0.25) is 0 Å². The lowest BCUT2D eigenvalue weighted by molar-refractivity contribution is 0.560. The van der Waals surface area contributed by atoms with Crippen LogP contribution in [0.5, 0.6) is 0 Å². The van der Waals surface area contributed by atoms with E-state index in [-0.39, 0.29) is 0 Å². The topological polar surface area (TPSA) is 52.0 Å². The smallest absolute Gasteiger partial charge is 0.0645 e. The van der Waals surface area contributed by atoms with Crippen LogP contribution in [-0.2, 0) is 5.54 Å². The van der Waals surface area contributed by atoms with Gasteiger partial charge in [0.15, 0.2) is 0 Å². The van der Waals surface area contributed by atoms with Crippen LogP contribution in [0, 0.1) is 0 Å². The molecule has 0 spiro atoms.